The number of hydrogen-bond acceptors (Lipinski definition) is 6. The Bertz CT molecular complexity index is 1490. The van der Waals surface area contributed by atoms with Gasteiger partial charge in [-0.2, -0.15) is 5.10 Å². The van der Waals surface area contributed by atoms with Crippen molar-refractivity contribution < 1.29 is 19.2 Å². The Kier molecular flexibility index (Phi) is 7.24. The summed E-state index contributed by atoms with van der Waals surface area (Å²) >= 11 is 0. The molecule has 4 aromatic rings. The van der Waals surface area contributed by atoms with Crippen molar-refractivity contribution in [1.82, 2.24) is 9.78 Å². The summed E-state index contributed by atoms with van der Waals surface area (Å²) in [6, 6.07) is 15.5. The molecule has 0 radical (unpaired) electrons. The van der Waals surface area contributed by atoms with Gasteiger partial charge in [0.2, 0.25) is 0 Å². The minimum atomic E-state index is -0.532. The second kappa shape index (κ2) is 10.5. The van der Waals surface area contributed by atoms with Crippen molar-refractivity contribution in [3.8, 4) is 17.2 Å². The van der Waals surface area contributed by atoms with Crippen LogP contribution in [-0.4, -0.2) is 20.6 Å². The van der Waals surface area contributed by atoms with Crippen molar-refractivity contribution in [2.24, 2.45) is 0 Å². The zero-order valence-corrected chi connectivity index (χ0v) is 21.4. The van der Waals surface area contributed by atoms with Gasteiger partial charge in [-0.3, -0.25) is 14.9 Å². The topological polar surface area (TPSA) is 109 Å². The molecule has 4 rings (SSSR count). The largest absolute Gasteiger partial charge is 0.471 e. The van der Waals surface area contributed by atoms with Crippen LogP contribution in [-0.2, 0) is 6.73 Å². The number of aromatic nitrogens is 2. The molecule has 0 aliphatic heterocycles. The summed E-state index contributed by atoms with van der Waals surface area (Å²) in [5.41, 5.74) is 5.28. The van der Waals surface area contributed by atoms with Crippen LogP contribution in [0.3, 0.4) is 0 Å². The van der Waals surface area contributed by atoms with Crippen LogP contribution >= 0.6 is 0 Å². The second-order valence-corrected chi connectivity index (χ2v) is 9.02. The third-order valence-corrected chi connectivity index (χ3v) is 5.91. The average Bonchev–Trinajstić information content (AvgIpc) is 3.31. The van der Waals surface area contributed by atoms with Crippen LogP contribution in [0.25, 0.3) is 0 Å². The highest BCUT2D eigenvalue weighted by molar-refractivity contribution is 6.03. The second-order valence-electron chi connectivity index (χ2n) is 9.02. The highest BCUT2D eigenvalue weighted by atomic mass is 16.6. The zero-order chi connectivity index (χ0) is 26.7. The van der Waals surface area contributed by atoms with Gasteiger partial charge in [-0.15, -0.1) is 0 Å². The first-order valence-corrected chi connectivity index (χ1v) is 11.7. The average molecular weight is 501 g/mol. The van der Waals surface area contributed by atoms with E-state index in [4.69, 9.17) is 9.47 Å². The number of carbonyl (C=O) groups is 1. The van der Waals surface area contributed by atoms with Crippen LogP contribution in [0.15, 0.2) is 60.8 Å². The standard InChI is InChI=1S/C28H28N4O5/c1-17-6-7-26(20(4)10-17)36-16-31-9-8-25(30-31)28(33)29-22-13-23(32(34)35)15-24(14-22)37-27-12-18(2)11-19(3)21(27)5/h6-15H,16H2,1-5H3,(H,29,33). The Hall–Kier alpha value is -4.66. The third-order valence-electron chi connectivity index (χ3n) is 5.91. The van der Waals surface area contributed by atoms with Crippen molar-refractivity contribution in [2.75, 3.05) is 5.32 Å². The van der Waals surface area contributed by atoms with E-state index in [-0.39, 0.29) is 29.5 Å². The Balaban J connectivity index is 1.50. The number of nitro benzene ring substituents is 1. The van der Waals surface area contributed by atoms with Gasteiger partial charge in [-0.1, -0.05) is 23.8 Å². The maximum absolute atomic E-state index is 12.8. The fraction of sp³-hybridized carbons (Fsp3) is 0.214. The molecule has 9 heteroatoms. The fourth-order valence-electron chi connectivity index (χ4n) is 3.90. The van der Waals surface area contributed by atoms with E-state index in [2.05, 4.69) is 10.4 Å². The monoisotopic (exact) mass is 500 g/mol. The molecule has 1 N–H and O–H groups in total. The molecule has 0 spiro atoms. The van der Waals surface area contributed by atoms with E-state index in [0.29, 0.717) is 5.75 Å². The highest BCUT2D eigenvalue weighted by Crippen LogP contribution is 2.33. The van der Waals surface area contributed by atoms with Gasteiger partial charge in [0.1, 0.15) is 17.2 Å². The molecule has 1 heterocycles. The minimum Gasteiger partial charge on any atom is -0.471 e. The number of anilines is 1. The van der Waals surface area contributed by atoms with E-state index >= 15 is 0 Å². The first kappa shape index (κ1) is 25.4. The van der Waals surface area contributed by atoms with Crippen LogP contribution in [0.2, 0.25) is 0 Å². The Morgan fingerprint density at radius 2 is 1.70 bits per heavy atom. The predicted molar refractivity (Wildman–Crippen MR) is 141 cm³/mol. The van der Waals surface area contributed by atoms with Crippen molar-refractivity contribution in [3.05, 3.63) is 104 Å². The van der Waals surface area contributed by atoms with Crippen LogP contribution in [0.5, 0.6) is 17.2 Å². The smallest absolute Gasteiger partial charge is 0.276 e. The molecule has 0 unspecified atom stereocenters. The maximum atomic E-state index is 12.8. The number of ether oxygens (including phenoxy) is 2. The lowest BCUT2D eigenvalue weighted by Crippen LogP contribution is -2.14. The molecule has 1 amide bonds. The molecular formula is C28H28N4O5. The first-order chi connectivity index (χ1) is 17.6. The van der Waals surface area contributed by atoms with Crippen LogP contribution in [0.1, 0.15) is 38.3 Å². The van der Waals surface area contributed by atoms with E-state index in [1.807, 2.05) is 65.0 Å². The van der Waals surface area contributed by atoms with Gasteiger partial charge in [0, 0.05) is 18.3 Å². The van der Waals surface area contributed by atoms with Gasteiger partial charge in [0.15, 0.2) is 12.4 Å². The fourth-order valence-corrected chi connectivity index (χ4v) is 3.90. The number of amides is 1. The lowest BCUT2D eigenvalue weighted by molar-refractivity contribution is -0.384. The number of benzene rings is 3. The molecule has 9 nitrogen and oxygen atoms in total. The lowest BCUT2D eigenvalue weighted by atomic mass is 10.1. The van der Waals surface area contributed by atoms with Gasteiger partial charge in [-0.25, -0.2) is 4.68 Å². The van der Waals surface area contributed by atoms with E-state index in [0.717, 1.165) is 33.6 Å². The zero-order valence-electron chi connectivity index (χ0n) is 21.4. The van der Waals surface area contributed by atoms with E-state index < -0.39 is 10.8 Å². The molecule has 3 aromatic carbocycles. The van der Waals surface area contributed by atoms with Gasteiger partial charge in [-0.05, 0) is 75.1 Å². The summed E-state index contributed by atoms with van der Waals surface area (Å²) in [5.74, 6) is 1.05. The Morgan fingerprint density at radius 1 is 0.946 bits per heavy atom. The molecule has 0 aliphatic rings. The number of carbonyl (C=O) groups excluding carboxylic acids is 1. The Morgan fingerprint density at radius 3 is 2.43 bits per heavy atom. The molecule has 1 aromatic heterocycles. The van der Waals surface area contributed by atoms with Crippen LogP contribution in [0.4, 0.5) is 11.4 Å². The molecule has 0 saturated heterocycles. The predicted octanol–water partition coefficient (Wildman–Crippen LogP) is 6.41. The molecule has 0 atom stereocenters. The number of nitrogens with zero attached hydrogens (tertiary/aromatic N) is 3. The highest BCUT2D eigenvalue weighted by Gasteiger charge is 2.16. The van der Waals surface area contributed by atoms with Gasteiger partial charge in [0.25, 0.3) is 11.6 Å². The molecule has 0 fully saturated rings. The van der Waals surface area contributed by atoms with Crippen LogP contribution < -0.4 is 14.8 Å². The summed E-state index contributed by atoms with van der Waals surface area (Å²) in [5, 5.41) is 18.5. The maximum Gasteiger partial charge on any atom is 0.276 e. The summed E-state index contributed by atoms with van der Waals surface area (Å²) in [6.07, 6.45) is 1.63. The van der Waals surface area contributed by atoms with Crippen molar-refractivity contribution in [2.45, 2.75) is 41.3 Å². The Labute approximate surface area is 214 Å². The summed E-state index contributed by atoms with van der Waals surface area (Å²) in [7, 11) is 0. The first-order valence-electron chi connectivity index (χ1n) is 11.7. The summed E-state index contributed by atoms with van der Waals surface area (Å²) < 4.78 is 13.3. The van der Waals surface area contributed by atoms with Gasteiger partial charge < -0.3 is 14.8 Å². The third kappa shape index (κ3) is 6.13. The number of rotatable bonds is 8. The molecule has 190 valence electrons. The number of nitro groups is 1. The lowest BCUT2D eigenvalue weighted by Gasteiger charge is -2.13. The normalized spacial score (nSPS) is 10.7. The number of non-ortho nitro benzene ring substituents is 1. The number of nitrogens with one attached hydrogen (secondary N) is 1. The van der Waals surface area contributed by atoms with Crippen molar-refractivity contribution in [1.29, 1.82) is 0 Å². The molecule has 0 bridgehead atoms. The molecule has 37 heavy (non-hydrogen) atoms. The molecule has 0 saturated carbocycles. The SMILES string of the molecule is Cc1ccc(OCn2ccc(C(=O)Nc3cc(Oc4cc(C)cc(C)c4C)cc([N+](=O)[O-])c3)n2)c(C)c1. The van der Waals surface area contributed by atoms with Crippen molar-refractivity contribution >= 4 is 17.3 Å². The van der Waals surface area contributed by atoms with Gasteiger partial charge in [0.05, 0.1) is 16.7 Å². The number of aryl methyl sites for hydroxylation is 4. The van der Waals surface area contributed by atoms with E-state index in [1.54, 1.807) is 18.3 Å². The van der Waals surface area contributed by atoms with E-state index in [9.17, 15) is 14.9 Å². The quantitative estimate of drug-likeness (QED) is 0.221. The van der Waals surface area contributed by atoms with Crippen LogP contribution in [0, 0.1) is 44.7 Å². The number of hydrogen-bond donors (Lipinski definition) is 1. The minimum absolute atomic E-state index is 0.126. The summed E-state index contributed by atoms with van der Waals surface area (Å²) in [4.78, 5) is 23.8. The van der Waals surface area contributed by atoms with Gasteiger partial charge >= 0.3 is 0 Å². The van der Waals surface area contributed by atoms with E-state index in [1.165, 1.54) is 16.8 Å². The summed E-state index contributed by atoms with van der Waals surface area (Å²) in [6.45, 7) is 9.94. The van der Waals surface area contributed by atoms with Crippen molar-refractivity contribution in [3.63, 3.8) is 0 Å². The molecular weight excluding hydrogens is 472 g/mol. The molecule has 0 aliphatic carbocycles.